The average molecular weight is 218 g/mol. The maximum atomic E-state index is 11.7. The Morgan fingerprint density at radius 3 is 2.62 bits per heavy atom. The summed E-state index contributed by atoms with van der Waals surface area (Å²) in [5.74, 6) is -0.0254. The Hall–Kier alpha value is -2.30. The number of carbonyl (C=O) groups is 1. The number of nitrogens with one attached hydrogen (secondary N) is 1. The fourth-order valence-corrected chi connectivity index (χ4v) is 1.24. The summed E-state index contributed by atoms with van der Waals surface area (Å²) in [6, 6.07) is 6.17. The number of anilines is 1. The van der Waals surface area contributed by atoms with Crippen LogP contribution in [-0.2, 0) is 0 Å². The third kappa shape index (κ3) is 2.03. The molecule has 0 radical (unpaired) electrons. The molecular formula is C11H10N2O3. The van der Waals surface area contributed by atoms with Crippen molar-refractivity contribution in [3.05, 3.63) is 41.8 Å². The first-order valence-corrected chi connectivity index (χ1v) is 4.68. The molecule has 0 aliphatic rings. The van der Waals surface area contributed by atoms with E-state index in [4.69, 9.17) is 9.63 Å². The van der Waals surface area contributed by atoms with Crippen molar-refractivity contribution < 1.29 is 14.4 Å². The summed E-state index contributed by atoms with van der Waals surface area (Å²) in [6.07, 6.45) is 1.48. The molecule has 0 aliphatic carbocycles. The van der Waals surface area contributed by atoms with Gasteiger partial charge >= 0.3 is 0 Å². The number of hydrogen-bond donors (Lipinski definition) is 2. The number of rotatable bonds is 2. The average Bonchev–Trinajstić information content (AvgIpc) is 2.68. The van der Waals surface area contributed by atoms with Gasteiger partial charge in [0.25, 0.3) is 5.91 Å². The van der Waals surface area contributed by atoms with E-state index in [-0.39, 0.29) is 17.4 Å². The Morgan fingerprint density at radius 1 is 1.38 bits per heavy atom. The van der Waals surface area contributed by atoms with Gasteiger partial charge in [0.2, 0.25) is 5.76 Å². The topological polar surface area (TPSA) is 75.4 Å². The summed E-state index contributed by atoms with van der Waals surface area (Å²) in [7, 11) is 0. The maximum absolute atomic E-state index is 11.7. The zero-order valence-corrected chi connectivity index (χ0v) is 8.60. The quantitative estimate of drug-likeness (QED) is 0.755. The Balaban J connectivity index is 2.14. The van der Waals surface area contributed by atoms with Gasteiger partial charge in [0.1, 0.15) is 5.75 Å². The van der Waals surface area contributed by atoms with Crippen LogP contribution in [0.4, 0.5) is 5.69 Å². The van der Waals surface area contributed by atoms with E-state index in [1.165, 1.54) is 18.3 Å². The largest absolute Gasteiger partial charge is 0.508 e. The predicted molar refractivity (Wildman–Crippen MR) is 57.3 cm³/mol. The van der Waals surface area contributed by atoms with Gasteiger partial charge in [0.05, 0.1) is 6.20 Å². The fraction of sp³-hybridized carbons (Fsp3) is 0.0909. The van der Waals surface area contributed by atoms with Crippen LogP contribution in [0.3, 0.4) is 0 Å². The van der Waals surface area contributed by atoms with E-state index in [9.17, 15) is 4.79 Å². The van der Waals surface area contributed by atoms with Crippen LogP contribution < -0.4 is 5.32 Å². The highest BCUT2D eigenvalue weighted by molar-refractivity contribution is 6.03. The molecule has 16 heavy (non-hydrogen) atoms. The monoisotopic (exact) mass is 218 g/mol. The van der Waals surface area contributed by atoms with Crippen molar-refractivity contribution in [3.8, 4) is 5.75 Å². The molecule has 1 amide bonds. The second-order valence-corrected chi connectivity index (χ2v) is 3.34. The lowest BCUT2D eigenvalue weighted by atomic mass is 10.2. The van der Waals surface area contributed by atoms with Crippen molar-refractivity contribution >= 4 is 11.6 Å². The van der Waals surface area contributed by atoms with E-state index in [1.54, 1.807) is 19.1 Å². The molecule has 0 atom stereocenters. The van der Waals surface area contributed by atoms with Gasteiger partial charge < -0.3 is 14.9 Å². The number of phenols is 1. The molecule has 2 N–H and O–H groups in total. The molecule has 5 nitrogen and oxygen atoms in total. The lowest BCUT2D eigenvalue weighted by Gasteiger charge is -2.02. The van der Waals surface area contributed by atoms with Crippen LogP contribution in [-0.4, -0.2) is 16.2 Å². The molecule has 0 saturated heterocycles. The van der Waals surface area contributed by atoms with Crippen LogP contribution >= 0.6 is 0 Å². The number of amides is 1. The second kappa shape index (κ2) is 4.06. The first-order valence-electron chi connectivity index (χ1n) is 4.68. The fourth-order valence-electron chi connectivity index (χ4n) is 1.24. The number of phenolic OH excluding ortho intramolecular Hbond substituents is 1. The van der Waals surface area contributed by atoms with Crippen LogP contribution in [0.25, 0.3) is 0 Å². The van der Waals surface area contributed by atoms with Crippen molar-refractivity contribution in [1.82, 2.24) is 5.16 Å². The standard InChI is InChI=1S/C11H10N2O3/c1-7-6-12-16-10(7)11(15)13-8-2-4-9(14)5-3-8/h2-6,14H,1H3,(H,13,15). The molecule has 2 rings (SSSR count). The minimum Gasteiger partial charge on any atom is -0.508 e. The molecular weight excluding hydrogens is 208 g/mol. The summed E-state index contributed by atoms with van der Waals surface area (Å²) in [5, 5.41) is 15.2. The molecule has 0 saturated carbocycles. The summed E-state index contributed by atoms with van der Waals surface area (Å²) < 4.78 is 4.81. The van der Waals surface area contributed by atoms with Gasteiger partial charge in [-0.2, -0.15) is 0 Å². The van der Waals surface area contributed by atoms with Gasteiger partial charge in [-0.25, -0.2) is 0 Å². The van der Waals surface area contributed by atoms with E-state index in [0.29, 0.717) is 11.3 Å². The Morgan fingerprint density at radius 2 is 2.06 bits per heavy atom. The summed E-state index contributed by atoms with van der Waals surface area (Å²) in [5.41, 5.74) is 1.26. The highest BCUT2D eigenvalue weighted by Crippen LogP contribution is 2.15. The van der Waals surface area contributed by atoms with Gasteiger partial charge in [-0.05, 0) is 31.2 Å². The third-order valence-corrected chi connectivity index (χ3v) is 2.08. The molecule has 1 aromatic carbocycles. The predicted octanol–water partition coefficient (Wildman–Crippen LogP) is 1.94. The number of aryl methyl sites for hydroxylation is 1. The minimum absolute atomic E-state index is 0.147. The summed E-state index contributed by atoms with van der Waals surface area (Å²) in [4.78, 5) is 11.7. The number of carbonyl (C=O) groups excluding carboxylic acids is 1. The molecule has 2 aromatic rings. The number of benzene rings is 1. The van der Waals surface area contributed by atoms with E-state index in [2.05, 4.69) is 10.5 Å². The molecule has 1 heterocycles. The molecule has 82 valence electrons. The zero-order valence-electron chi connectivity index (χ0n) is 8.60. The first kappa shape index (κ1) is 10.2. The Labute approximate surface area is 91.7 Å². The lowest BCUT2D eigenvalue weighted by molar-refractivity contribution is 0.0987. The summed E-state index contributed by atoms with van der Waals surface area (Å²) in [6.45, 7) is 1.74. The van der Waals surface area contributed by atoms with Gasteiger partial charge in [-0.1, -0.05) is 5.16 Å². The Kier molecular flexibility index (Phi) is 2.59. The van der Waals surface area contributed by atoms with Crippen molar-refractivity contribution in [2.45, 2.75) is 6.92 Å². The molecule has 1 aromatic heterocycles. The van der Waals surface area contributed by atoms with E-state index in [1.807, 2.05) is 0 Å². The van der Waals surface area contributed by atoms with Crippen LogP contribution in [0, 0.1) is 6.92 Å². The van der Waals surface area contributed by atoms with E-state index >= 15 is 0 Å². The van der Waals surface area contributed by atoms with Crippen LogP contribution in [0.2, 0.25) is 0 Å². The minimum atomic E-state index is -0.360. The van der Waals surface area contributed by atoms with Gasteiger partial charge in [-0.3, -0.25) is 4.79 Å². The lowest BCUT2D eigenvalue weighted by Crippen LogP contribution is -2.11. The van der Waals surface area contributed by atoms with E-state index < -0.39 is 0 Å². The van der Waals surface area contributed by atoms with Gasteiger partial charge in [0, 0.05) is 11.3 Å². The van der Waals surface area contributed by atoms with Crippen molar-refractivity contribution in [2.24, 2.45) is 0 Å². The van der Waals surface area contributed by atoms with Crippen LogP contribution in [0.15, 0.2) is 35.0 Å². The third-order valence-electron chi connectivity index (χ3n) is 2.08. The van der Waals surface area contributed by atoms with Gasteiger partial charge in [-0.15, -0.1) is 0 Å². The molecule has 0 unspecified atom stereocenters. The second-order valence-electron chi connectivity index (χ2n) is 3.34. The molecule has 0 fully saturated rings. The highest BCUT2D eigenvalue weighted by atomic mass is 16.5. The molecule has 0 aliphatic heterocycles. The first-order chi connectivity index (χ1) is 7.66. The SMILES string of the molecule is Cc1cnoc1C(=O)Nc1ccc(O)cc1. The molecule has 5 heteroatoms. The number of hydrogen-bond acceptors (Lipinski definition) is 4. The molecule has 0 spiro atoms. The van der Waals surface area contributed by atoms with Crippen LogP contribution in [0.1, 0.15) is 16.1 Å². The van der Waals surface area contributed by atoms with Crippen LogP contribution in [0.5, 0.6) is 5.75 Å². The number of aromatic nitrogens is 1. The summed E-state index contributed by atoms with van der Waals surface area (Å²) >= 11 is 0. The van der Waals surface area contributed by atoms with E-state index in [0.717, 1.165) is 0 Å². The Bertz CT molecular complexity index is 502. The maximum Gasteiger partial charge on any atom is 0.294 e. The number of nitrogens with zero attached hydrogens (tertiary/aromatic N) is 1. The van der Waals surface area contributed by atoms with Gasteiger partial charge in [0.15, 0.2) is 0 Å². The van der Waals surface area contributed by atoms with Crippen molar-refractivity contribution in [3.63, 3.8) is 0 Å². The van der Waals surface area contributed by atoms with Crippen molar-refractivity contribution in [2.75, 3.05) is 5.32 Å². The molecule has 0 bridgehead atoms. The zero-order chi connectivity index (χ0) is 11.5. The smallest absolute Gasteiger partial charge is 0.294 e. The van der Waals surface area contributed by atoms with Crippen molar-refractivity contribution in [1.29, 1.82) is 0 Å². The normalized spacial score (nSPS) is 10.1. The number of aromatic hydroxyl groups is 1. The highest BCUT2D eigenvalue weighted by Gasteiger charge is 2.13.